The highest BCUT2D eigenvalue weighted by Crippen LogP contribution is 2.50. The lowest BCUT2D eigenvalue weighted by molar-refractivity contribution is 0.0514. The Hall–Kier alpha value is 0.150. The van der Waals surface area contributed by atoms with Gasteiger partial charge in [-0.3, -0.25) is 4.57 Å². The molecule has 0 N–H and O–H groups in total. The van der Waals surface area contributed by atoms with E-state index in [-0.39, 0.29) is 12.2 Å². The first-order valence-corrected chi connectivity index (χ1v) is 5.43. The van der Waals surface area contributed by atoms with Gasteiger partial charge in [-0.05, 0) is 13.8 Å². The number of rotatable bonds is 0. The summed E-state index contributed by atoms with van der Waals surface area (Å²) in [7, 11) is -2.70. The van der Waals surface area contributed by atoms with Gasteiger partial charge in [0.1, 0.15) is 0 Å². The van der Waals surface area contributed by atoms with Crippen LogP contribution >= 0.6 is 7.60 Å². The fraction of sp³-hybridized carbons (Fsp3) is 1.00. The summed E-state index contributed by atoms with van der Waals surface area (Å²) in [4.78, 5) is 0. The molecule has 1 aliphatic heterocycles. The maximum absolute atomic E-state index is 11.2. The predicted molar refractivity (Wildman–Crippen MR) is 39.2 cm³/mol. The van der Waals surface area contributed by atoms with Crippen LogP contribution in [0.4, 0.5) is 0 Å². The van der Waals surface area contributed by atoms with E-state index in [0.717, 1.165) is 6.42 Å². The molecular weight excluding hydrogens is 151 g/mol. The molecule has 1 heterocycles. The van der Waals surface area contributed by atoms with Crippen molar-refractivity contribution in [2.45, 2.75) is 32.5 Å². The molecule has 0 aromatic heterocycles. The molecule has 0 amide bonds. The van der Waals surface area contributed by atoms with Crippen molar-refractivity contribution in [3.63, 3.8) is 0 Å². The summed E-state index contributed by atoms with van der Waals surface area (Å²) in [5.74, 6) is 0. The zero-order valence-electron chi connectivity index (χ0n) is 6.53. The largest absolute Gasteiger partial charge is 0.328 e. The van der Waals surface area contributed by atoms with E-state index in [1.807, 2.05) is 13.8 Å². The van der Waals surface area contributed by atoms with Crippen LogP contribution < -0.4 is 0 Å². The van der Waals surface area contributed by atoms with Crippen LogP contribution in [0.25, 0.3) is 0 Å². The Kier molecular flexibility index (Phi) is 2.18. The summed E-state index contributed by atoms with van der Waals surface area (Å²) in [6, 6.07) is 0. The van der Waals surface area contributed by atoms with E-state index in [1.54, 1.807) is 0 Å². The van der Waals surface area contributed by atoms with Crippen molar-refractivity contribution in [2.24, 2.45) is 0 Å². The highest BCUT2D eigenvalue weighted by atomic mass is 31.2. The summed E-state index contributed by atoms with van der Waals surface area (Å²) in [5, 5.41) is 0. The molecule has 0 aromatic rings. The van der Waals surface area contributed by atoms with Crippen molar-refractivity contribution in [2.75, 3.05) is 6.66 Å². The SMILES string of the molecule is C[C@@H]1C[C@H](C)OP(C)(=O)O1. The molecule has 4 heteroatoms. The van der Waals surface area contributed by atoms with E-state index in [0.29, 0.717) is 0 Å². The van der Waals surface area contributed by atoms with Gasteiger partial charge in [-0.2, -0.15) is 0 Å². The van der Waals surface area contributed by atoms with Gasteiger partial charge < -0.3 is 9.05 Å². The highest BCUT2D eigenvalue weighted by molar-refractivity contribution is 7.53. The molecule has 1 unspecified atom stereocenters. The topological polar surface area (TPSA) is 35.5 Å². The van der Waals surface area contributed by atoms with Gasteiger partial charge in [-0.1, -0.05) is 0 Å². The summed E-state index contributed by atoms with van der Waals surface area (Å²) in [6.07, 6.45) is 0.969. The summed E-state index contributed by atoms with van der Waals surface area (Å²) in [5.41, 5.74) is 0. The second-order valence-corrected chi connectivity index (χ2v) is 4.80. The third-order valence-corrected chi connectivity index (χ3v) is 2.89. The Morgan fingerprint density at radius 1 is 1.30 bits per heavy atom. The van der Waals surface area contributed by atoms with Gasteiger partial charge in [0.2, 0.25) is 0 Å². The van der Waals surface area contributed by atoms with Crippen molar-refractivity contribution in [3.8, 4) is 0 Å². The lowest BCUT2D eigenvalue weighted by Gasteiger charge is -2.29. The van der Waals surface area contributed by atoms with Gasteiger partial charge in [-0.15, -0.1) is 0 Å². The Morgan fingerprint density at radius 3 is 2.00 bits per heavy atom. The van der Waals surface area contributed by atoms with Gasteiger partial charge in [0, 0.05) is 13.1 Å². The lowest BCUT2D eigenvalue weighted by Crippen LogP contribution is -2.23. The summed E-state index contributed by atoms with van der Waals surface area (Å²) >= 11 is 0. The minimum atomic E-state index is -2.70. The van der Waals surface area contributed by atoms with Crippen LogP contribution in [-0.4, -0.2) is 18.9 Å². The van der Waals surface area contributed by atoms with E-state index in [2.05, 4.69) is 0 Å². The Labute approximate surface area is 61.2 Å². The first-order valence-electron chi connectivity index (χ1n) is 3.44. The predicted octanol–water partition coefficient (Wildman–Crippen LogP) is 2.02. The normalized spacial score (nSPS) is 49.1. The first kappa shape index (κ1) is 8.25. The fourth-order valence-electron chi connectivity index (χ4n) is 1.23. The van der Waals surface area contributed by atoms with E-state index in [4.69, 9.17) is 9.05 Å². The molecule has 1 fully saturated rings. The molecule has 1 aliphatic rings. The summed E-state index contributed by atoms with van der Waals surface area (Å²) in [6.45, 7) is 5.34. The van der Waals surface area contributed by atoms with Gasteiger partial charge in [0.15, 0.2) is 0 Å². The first-order chi connectivity index (χ1) is 4.49. The molecule has 0 aromatic carbocycles. The van der Waals surface area contributed by atoms with Crippen molar-refractivity contribution in [3.05, 3.63) is 0 Å². The van der Waals surface area contributed by atoms with Gasteiger partial charge >= 0.3 is 7.60 Å². The van der Waals surface area contributed by atoms with E-state index >= 15 is 0 Å². The fourth-order valence-corrected chi connectivity index (χ4v) is 2.76. The quantitative estimate of drug-likeness (QED) is 0.514. The average molecular weight is 164 g/mol. The molecule has 0 saturated carbocycles. The second-order valence-electron chi connectivity index (χ2n) is 2.84. The third-order valence-electron chi connectivity index (χ3n) is 1.41. The molecular formula is C6H13O3P. The average Bonchev–Trinajstić information content (AvgIpc) is 1.54. The molecule has 0 radical (unpaired) electrons. The van der Waals surface area contributed by atoms with Crippen LogP contribution in [0, 0.1) is 0 Å². The van der Waals surface area contributed by atoms with Crippen LogP contribution in [0.5, 0.6) is 0 Å². The van der Waals surface area contributed by atoms with E-state index in [1.165, 1.54) is 6.66 Å². The molecule has 3 nitrogen and oxygen atoms in total. The van der Waals surface area contributed by atoms with E-state index in [9.17, 15) is 4.57 Å². The zero-order valence-corrected chi connectivity index (χ0v) is 7.43. The van der Waals surface area contributed by atoms with Crippen molar-refractivity contribution in [1.29, 1.82) is 0 Å². The molecule has 0 bridgehead atoms. The van der Waals surface area contributed by atoms with Crippen molar-refractivity contribution >= 4 is 7.60 Å². The Bertz CT molecular complexity index is 154. The van der Waals surface area contributed by atoms with Crippen molar-refractivity contribution < 1.29 is 13.6 Å². The molecule has 1 saturated heterocycles. The number of hydrogen-bond acceptors (Lipinski definition) is 3. The lowest BCUT2D eigenvalue weighted by atomic mass is 10.2. The smallest absolute Gasteiger partial charge is 0.306 e. The molecule has 0 aliphatic carbocycles. The molecule has 3 atom stereocenters. The number of hydrogen-bond donors (Lipinski definition) is 0. The second kappa shape index (κ2) is 2.65. The van der Waals surface area contributed by atoms with E-state index < -0.39 is 7.60 Å². The highest BCUT2D eigenvalue weighted by Gasteiger charge is 2.30. The van der Waals surface area contributed by atoms with Gasteiger partial charge in [0.05, 0.1) is 12.2 Å². The zero-order chi connectivity index (χ0) is 7.78. The van der Waals surface area contributed by atoms with Crippen LogP contribution in [0.1, 0.15) is 20.3 Å². The standard InChI is InChI=1S/C6H13O3P/c1-5-4-6(2)9-10(3,7)8-5/h5-6H,4H2,1-3H3/t5-,6+,10?. The van der Waals surface area contributed by atoms with Crippen LogP contribution in [0.15, 0.2) is 0 Å². The minimum Gasteiger partial charge on any atom is -0.306 e. The Morgan fingerprint density at radius 2 is 1.70 bits per heavy atom. The summed E-state index contributed by atoms with van der Waals surface area (Å²) < 4.78 is 21.4. The molecule has 1 rings (SSSR count). The maximum atomic E-state index is 11.2. The minimum absolute atomic E-state index is 0.0691. The van der Waals surface area contributed by atoms with Gasteiger partial charge in [-0.25, -0.2) is 0 Å². The Balaban J connectivity index is 2.60. The molecule has 10 heavy (non-hydrogen) atoms. The molecule has 60 valence electrons. The van der Waals surface area contributed by atoms with Crippen LogP contribution in [-0.2, 0) is 13.6 Å². The monoisotopic (exact) mass is 164 g/mol. The van der Waals surface area contributed by atoms with Crippen LogP contribution in [0.3, 0.4) is 0 Å². The van der Waals surface area contributed by atoms with Gasteiger partial charge in [0.25, 0.3) is 0 Å². The molecule has 0 spiro atoms. The van der Waals surface area contributed by atoms with Crippen LogP contribution in [0.2, 0.25) is 0 Å². The maximum Gasteiger partial charge on any atom is 0.328 e. The third kappa shape index (κ3) is 2.08. The van der Waals surface area contributed by atoms with Crippen molar-refractivity contribution in [1.82, 2.24) is 0 Å².